The molecule has 2 radical (unpaired) electrons. The van der Waals surface area contributed by atoms with Crippen LogP contribution in [0.25, 0.3) is 0 Å². The number of amides is 1. The molecule has 0 atom stereocenters. The lowest BCUT2D eigenvalue weighted by Crippen LogP contribution is -2.35. The van der Waals surface area contributed by atoms with E-state index in [-0.39, 0.29) is 17.1 Å². The van der Waals surface area contributed by atoms with Crippen molar-refractivity contribution in [2.75, 3.05) is 18.4 Å². The van der Waals surface area contributed by atoms with Gasteiger partial charge in [0.15, 0.2) is 0 Å². The van der Waals surface area contributed by atoms with Crippen molar-refractivity contribution >= 4 is 36.6 Å². The van der Waals surface area contributed by atoms with Crippen LogP contribution < -0.4 is 16.1 Å². The molecule has 0 bridgehead atoms. The van der Waals surface area contributed by atoms with E-state index in [9.17, 15) is 4.79 Å². The standard InChI is InChI=1S/C12H16BClN4O/c13-9-7-17-12(14)18-10(9)15-5-2-6-16-11(19)8-3-1-4-8/h7-8H,1-6H2,(H,16,19)(H,15,17,18). The van der Waals surface area contributed by atoms with Crippen LogP contribution in [0.2, 0.25) is 5.28 Å². The van der Waals surface area contributed by atoms with Crippen molar-refractivity contribution in [3.05, 3.63) is 11.5 Å². The van der Waals surface area contributed by atoms with Crippen LogP contribution in [0, 0.1) is 5.92 Å². The minimum atomic E-state index is 0.162. The van der Waals surface area contributed by atoms with Crippen LogP contribution in [0.4, 0.5) is 5.82 Å². The fraction of sp³-hybridized carbons (Fsp3) is 0.583. The normalized spacial score (nSPS) is 14.8. The Labute approximate surface area is 119 Å². The van der Waals surface area contributed by atoms with Gasteiger partial charge in [-0.15, -0.1) is 0 Å². The van der Waals surface area contributed by atoms with Gasteiger partial charge >= 0.3 is 0 Å². The molecule has 1 heterocycles. The fourth-order valence-corrected chi connectivity index (χ4v) is 1.97. The number of aromatic nitrogens is 2. The van der Waals surface area contributed by atoms with E-state index in [0.29, 0.717) is 24.4 Å². The predicted octanol–water partition coefficient (Wildman–Crippen LogP) is 0.642. The Hall–Kier alpha value is -1.30. The van der Waals surface area contributed by atoms with Gasteiger partial charge in [0.1, 0.15) is 13.7 Å². The van der Waals surface area contributed by atoms with Crippen molar-refractivity contribution in [2.45, 2.75) is 25.7 Å². The number of carbonyl (C=O) groups excluding carboxylic acids is 1. The van der Waals surface area contributed by atoms with Gasteiger partial charge in [-0.1, -0.05) is 6.42 Å². The van der Waals surface area contributed by atoms with Crippen LogP contribution in [0.5, 0.6) is 0 Å². The molecule has 2 rings (SSSR count). The zero-order valence-corrected chi connectivity index (χ0v) is 11.4. The first-order chi connectivity index (χ1) is 9.16. The number of halogens is 1. The van der Waals surface area contributed by atoms with Crippen molar-refractivity contribution in [1.82, 2.24) is 15.3 Å². The Morgan fingerprint density at radius 3 is 2.95 bits per heavy atom. The molecule has 1 saturated carbocycles. The van der Waals surface area contributed by atoms with Gasteiger partial charge in [-0.3, -0.25) is 4.79 Å². The first-order valence-electron chi connectivity index (χ1n) is 6.46. The van der Waals surface area contributed by atoms with Crippen molar-refractivity contribution < 1.29 is 4.79 Å². The zero-order valence-electron chi connectivity index (χ0n) is 10.7. The maximum atomic E-state index is 11.6. The second kappa shape index (κ2) is 6.75. The molecule has 1 aromatic rings. The highest BCUT2D eigenvalue weighted by Gasteiger charge is 2.24. The summed E-state index contributed by atoms with van der Waals surface area (Å²) in [7, 11) is 5.70. The molecule has 1 aliphatic carbocycles. The van der Waals surface area contributed by atoms with E-state index in [2.05, 4.69) is 20.6 Å². The highest BCUT2D eigenvalue weighted by molar-refractivity contribution is 6.35. The van der Waals surface area contributed by atoms with E-state index >= 15 is 0 Å². The first-order valence-corrected chi connectivity index (χ1v) is 6.84. The van der Waals surface area contributed by atoms with Gasteiger partial charge < -0.3 is 10.6 Å². The largest absolute Gasteiger partial charge is 0.370 e. The van der Waals surface area contributed by atoms with Gasteiger partial charge in [0.25, 0.3) is 0 Å². The van der Waals surface area contributed by atoms with Crippen LogP contribution in [0.3, 0.4) is 0 Å². The summed E-state index contributed by atoms with van der Waals surface area (Å²) in [6.45, 7) is 1.32. The second-order valence-corrected chi connectivity index (χ2v) is 4.98. The molecule has 100 valence electrons. The van der Waals surface area contributed by atoms with E-state index in [1.165, 1.54) is 12.6 Å². The molecular weight excluding hydrogens is 262 g/mol. The number of anilines is 1. The van der Waals surface area contributed by atoms with E-state index in [0.717, 1.165) is 19.3 Å². The summed E-state index contributed by atoms with van der Waals surface area (Å²) >= 11 is 5.68. The quantitative estimate of drug-likeness (QED) is 0.455. The third-order valence-corrected chi connectivity index (χ3v) is 3.39. The maximum absolute atomic E-state index is 11.6. The number of nitrogens with zero attached hydrogens (tertiary/aromatic N) is 2. The van der Waals surface area contributed by atoms with Crippen LogP contribution in [0.15, 0.2) is 6.20 Å². The van der Waals surface area contributed by atoms with E-state index in [1.54, 1.807) is 0 Å². The van der Waals surface area contributed by atoms with Crippen molar-refractivity contribution in [3.8, 4) is 0 Å². The summed E-state index contributed by atoms with van der Waals surface area (Å²) in [4.78, 5) is 19.3. The predicted molar refractivity (Wildman–Crippen MR) is 75.9 cm³/mol. The number of rotatable bonds is 6. The van der Waals surface area contributed by atoms with E-state index < -0.39 is 0 Å². The minimum Gasteiger partial charge on any atom is -0.370 e. The summed E-state index contributed by atoms with van der Waals surface area (Å²) in [5, 5.41) is 6.16. The van der Waals surface area contributed by atoms with Gasteiger partial charge in [0.05, 0.1) is 0 Å². The molecule has 2 N–H and O–H groups in total. The molecule has 0 spiro atoms. The van der Waals surface area contributed by atoms with Gasteiger partial charge in [0.2, 0.25) is 11.2 Å². The third kappa shape index (κ3) is 4.09. The molecule has 1 amide bonds. The van der Waals surface area contributed by atoms with Crippen LogP contribution in [-0.2, 0) is 4.79 Å². The van der Waals surface area contributed by atoms with Gasteiger partial charge in [0, 0.05) is 25.2 Å². The summed E-state index contributed by atoms with van der Waals surface area (Å²) in [5.41, 5.74) is 0.461. The molecule has 0 aromatic carbocycles. The van der Waals surface area contributed by atoms with E-state index in [4.69, 9.17) is 19.4 Å². The highest BCUT2D eigenvalue weighted by atomic mass is 35.5. The molecule has 1 fully saturated rings. The zero-order chi connectivity index (χ0) is 13.7. The topological polar surface area (TPSA) is 66.9 Å². The van der Waals surface area contributed by atoms with Crippen molar-refractivity contribution in [3.63, 3.8) is 0 Å². The number of carbonyl (C=O) groups is 1. The summed E-state index contributed by atoms with van der Waals surface area (Å²) in [5.74, 6) is 0.949. The SMILES string of the molecule is [B]c1cnc(Cl)nc1NCCCNC(=O)C1CCC1. The molecule has 1 aromatic heterocycles. The highest BCUT2D eigenvalue weighted by Crippen LogP contribution is 2.25. The van der Waals surface area contributed by atoms with Crippen molar-refractivity contribution in [2.24, 2.45) is 5.92 Å². The molecule has 5 nitrogen and oxygen atoms in total. The molecule has 0 aliphatic heterocycles. The number of hydrogen-bond acceptors (Lipinski definition) is 4. The maximum Gasteiger partial charge on any atom is 0.224 e. The Morgan fingerprint density at radius 2 is 2.26 bits per heavy atom. The Balaban J connectivity index is 1.63. The second-order valence-electron chi connectivity index (χ2n) is 4.64. The first kappa shape index (κ1) is 14.1. The van der Waals surface area contributed by atoms with Crippen molar-refractivity contribution in [1.29, 1.82) is 0 Å². The Kier molecular flexibility index (Phi) is 5.02. The van der Waals surface area contributed by atoms with Crippen LogP contribution >= 0.6 is 11.6 Å². The summed E-state index contributed by atoms with van der Waals surface area (Å²) in [6, 6.07) is 0. The number of hydrogen-bond donors (Lipinski definition) is 2. The Morgan fingerprint density at radius 1 is 1.47 bits per heavy atom. The fourth-order valence-electron chi connectivity index (χ4n) is 1.83. The van der Waals surface area contributed by atoms with E-state index in [1.807, 2.05) is 0 Å². The monoisotopic (exact) mass is 278 g/mol. The minimum absolute atomic E-state index is 0.162. The lowest BCUT2D eigenvalue weighted by molar-refractivity contribution is -0.127. The third-order valence-electron chi connectivity index (χ3n) is 3.21. The molecule has 19 heavy (non-hydrogen) atoms. The number of nitrogens with one attached hydrogen (secondary N) is 2. The van der Waals surface area contributed by atoms with Crippen LogP contribution in [-0.4, -0.2) is 36.8 Å². The molecular formula is C12H16BClN4O. The molecule has 0 unspecified atom stereocenters. The average molecular weight is 279 g/mol. The molecule has 1 aliphatic rings. The molecule has 7 heteroatoms. The van der Waals surface area contributed by atoms with Crippen LogP contribution in [0.1, 0.15) is 25.7 Å². The van der Waals surface area contributed by atoms with Gasteiger partial charge in [-0.05, 0) is 36.3 Å². The summed E-state index contributed by atoms with van der Waals surface area (Å²) in [6.07, 6.45) is 5.50. The lowest BCUT2D eigenvalue weighted by Gasteiger charge is -2.24. The smallest absolute Gasteiger partial charge is 0.224 e. The average Bonchev–Trinajstić information content (AvgIpc) is 2.31. The Bertz CT molecular complexity index is 453. The van der Waals surface area contributed by atoms with Gasteiger partial charge in [-0.2, -0.15) is 0 Å². The van der Waals surface area contributed by atoms with Gasteiger partial charge in [-0.25, -0.2) is 9.97 Å². The molecule has 0 saturated heterocycles. The lowest BCUT2D eigenvalue weighted by atomic mass is 9.85. The summed E-state index contributed by atoms with van der Waals surface area (Å²) < 4.78 is 0.